The number of rotatable bonds is 4. The molecule has 4 rings (SSSR count). The number of halogens is 4. The predicted octanol–water partition coefficient (Wildman–Crippen LogP) is 0.105. The van der Waals surface area contributed by atoms with Crippen molar-refractivity contribution in [2.75, 3.05) is 5.73 Å². The van der Waals surface area contributed by atoms with E-state index >= 15 is 0 Å². The normalized spacial score (nSPS) is 29.5. The summed E-state index contributed by atoms with van der Waals surface area (Å²) in [6.07, 6.45) is -14.2. The van der Waals surface area contributed by atoms with E-state index in [0.717, 1.165) is 17.4 Å². The molecule has 2 aromatic heterocycles. The zero-order valence-corrected chi connectivity index (χ0v) is 14.3. The highest BCUT2D eigenvalue weighted by molar-refractivity contribution is 5.72. The summed E-state index contributed by atoms with van der Waals surface area (Å²) in [5, 5.41) is 19.5. The summed E-state index contributed by atoms with van der Waals surface area (Å²) in [6, 6.07) is 0. The number of alkyl halides is 4. The van der Waals surface area contributed by atoms with Crippen molar-refractivity contribution in [1.29, 1.82) is 0 Å². The average molecular weight is 407 g/mol. The molecule has 154 valence electrons. The van der Waals surface area contributed by atoms with Gasteiger partial charge in [-0.05, 0) is 18.8 Å². The number of aromatic nitrogens is 4. The van der Waals surface area contributed by atoms with Crippen LogP contribution in [0.4, 0.5) is 23.5 Å². The lowest BCUT2D eigenvalue weighted by molar-refractivity contribution is -0.241. The van der Waals surface area contributed by atoms with E-state index in [-0.39, 0.29) is 23.0 Å². The van der Waals surface area contributed by atoms with Crippen molar-refractivity contribution in [3.8, 4) is 0 Å². The van der Waals surface area contributed by atoms with Gasteiger partial charge in [-0.2, -0.15) is 18.2 Å². The van der Waals surface area contributed by atoms with E-state index in [0.29, 0.717) is 6.54 Å². The quantitative estimate of drug-likeness (QED) is 0.614. The molecule has 28 heavy (non-hydrogen) atoms. The van der Waals surface area contributed by atoms with Crippen LogP contribution in [0.5, 0.6) is 0 Å². The highest BCUT2D eigenvalue weighted by Gasteiger charge is 2.56. The number of fused-ring (bicyclic) bond motifs is 1. The van der Waals surface area contributed by atoms with E-state index in [1.807, 2.05) is 0 Å². The predicted molar refractivity (Wildman–Crippen MR) is 85.8 cm³/mol. The van der Waals surface area contributed by atoms with Crippen molar-refractivity contribution in [3.05, 3.63) is 16.7 Å². The van der Waals surface area contributed by atoms with Crippen molar-refractivity contribution >= 4 is 17.1 Å². The van der Waals surface area contributed by atoms with E-state index < -0.39 is 42.6 Å². The highest BCUT2D eigenvalue weighted by atomic mass is 19.4. The van der Waals surface area contributed by atoms with Gasteiger partial charge in [0.15, 0.2) is 24.2 Å². The third-order valence-electron chi connectivity index (χ3n) is 4.99. The van der Waals surface area contributed by atoms with Gasteiger partial charge in [-0.15, -0.1) is 0 Å². The van der Waals surface area contributed by atoms with Crippen molar-refractivity contribution in [2.45, 2.75) is 56.3 Å². The molecule has 0 amide bonds. The second kappa shape index (κ2) is 6.39. The van der Waals surface area contributed by atoms with Crippen molar-refractivity contribution in [3.63, 3.8) is 0 Å². The summed E-state index contributed by atoms with van der Waals surface area (Å²) in [5.41, 5.74) is 4.93. The molecule has 9 nitrogen and oxygen atoms in total. The summed E-state index contributed by atoms with van der Waals surface area (Å²) < 4.78 is 59.7. The molecule has 1 aliphatic carbocycles. The number of hydrogen-bond acceptors (Lipinski definition) is 7. The van der Waals surface area contributed by atoms with Crippen LogP contribution in [0, 0.1) is 5.92 Å². The maximum Gasteiger partial charge on any atom is 0.417 e. The fourth-order valence-electron chi connectivity index (χ4n) is 3.35. The number of aliphatic hydroxyl groups is 2. The Morgan fingerprint density at radius 2 is 2.07 bits per heavy atom. The van der Waals surface area contributed by atoms with Gasteiger partial charge in [0.05, 0.1) is 6.20 Å². The minimum atomic E-state index is -5.17. The number of imidazole rings is 1. The first-order valence-corrected chi connectivity index (χ1v) is 8.55. The molecule has 2 fully saturated rings. The molecular formula is C15H17F4N5O4. The molecule has 2 aromatic rings. The molecule has 4 N–H and O–H groups in total. The van der Waals surface area contributed by atoms with Crippen molar-refractivity contribution < 1.29 is 32.5 Å². The maximum atomic E-state index is 14.3. The molecular weight excluding hydrogens is 390 g/mol. The molecule has 13 heteroatoms. The van der Waals surface area contributed by atoms with Gasteiger partial charge in [-0.3, -0.25) is 4.57 Å². The van der Waals surface area contributed by atoms with Gasteiger partial charge in [0.1, 0.15) is 17.7 Å². The SMILES string of the molecule is Nc1ncc2c(n1)n([C@@H]1O[C@H](C(O)C(F)(F)F)[C@H](F)[C@H]1O)c(=O)n2CC1CC1. The van der Waals surface area contributed by atoms with Gasteiger partial charge in [0.25, 0.3) is 0 Å². The molecule has 1 saturated heterocycles. The first-order valence-electron chi connectivity index (χ1n) is 8.55. The largest absolute Gasteiger partial charge is 0.417 e. The van der Waals surface area contributed by atoms with Crippen LogP contribution in [-0.4, -0.2) is 60.0 Å². The van der Waals surface area contributed by atoms with Crippen molar-refractivity contribution in [1.82, 2.24) is 19.1 Å². The Bertz CT molecular complexity index is 956. The van der Waals surface area contributed by atoms with Crippen LogP contribution in [0.15, 0.2) is 11.0 Å². The molecule has 1 aliphatic heterocycles. The second-order valence-corrected chi connectivity index (χ2v) is 7.06. The summed E-state index contributed by atoms with van der Waals surface area (Å²) in [4.78, 5) is 20.6. The number of nitrogen functional groups attached to an aromatic ring is 1. The third kappa shape index (κ3) is 3.02. The first kappa shape index (κ1) is 19.1. The number of aliphatic hydroxyl groups excluding tert-OH is 2. The fourth-order valence-corrected chi connectivity index (χ4v) is 3.35. The topological polar surface area (TPSA) is 128 Å². The van der Waals surface area contributed by atoms with Crippen LogP contribution in [0.3, 0.4) is 0 Å². The Kier molecular flexibility index (Phi) is 4.35. The first-order chi connectivity index (χ1) is 13.1. The Labute approximate surface area is 154 Å². The Morgan fingerprint density at radius 3 is 2.68 bits per heavy atom. The maximum absolute atomic E-state index is 14.3. The minimum Gasteiger partial charge on any atom is -0.385 e. The summed E-state index contributed by atoms with van der Waals surface area (Å²) >= 11 is 0. The number of hydrogen-bond donors (Lipinski definition) is 3. The molecule has 5 atom stereocenters. The Hall–Kier alpha value is -2.25. The van der Waals surface area contributed by atoms with E-state index in [2.05, 4.69) is 9.97 Å². The molecule has 0 aromatic carbocycles. The number of anilines is 1. The van der Waals surface area contributed by atoms with Gasteiger partial charge in [0, 0.05) is 6.54 Å². The molecule has 0 spiro atoms. The smallest absolute Gasteiger partial charge is 0.385 e. The van der Waals surface area contributed by atoms with Crippen LogP contribution in [0.2, 0.25) is 0 Å². The van der Waals surface area contributed by atoms with Crippen LogP contribution >= 0.6 is 0 Å². The Balaban J connectivity index is 1.79. The summed E-state index contributed by atoms with van der Waals surface area (Å²) in [6.45, 7) is 0.312. The van der Waals surface area contributed by atoms with Gasteiger partial charge < -0.3 is 20.7 Å². The lowest BCUT2D eigenvalue weighted by Gasteiger charge is -2.22. The van der Waals surface area contributed by atoms with E-state index in [4.69, 9.17) is 10.5 Å². The zero-order chi connectivity index (χ0) is 20.4. The van der Waals surface area contributed by atoms with E-state index in [1.54, 1.807) is 0 Å². The molecule has 0 bridgehead atoms. The van der Waals surface area contributed by atoms with Gasteiger partial charge in [-0.1, -0.05) is 0 Å². The molecule has 1 unspecified atom stereocenters. The molecule has 0 radical (unpaired) electrons. The van der Waals surface area contributed by atoms with Gasteiger partial charge in [-0.25, -0.2) is 18.7 Å². The van der Waals surface area contributed by atoms with Gasteiger partial charge in [0.2, 0.25) is 5.95 Å². The molecule has 1 saturated carbocycles. The van der Waals surface area contributed by atoms with Crippen molar-refractivity contribution in [2.24, 2.45) is 5.92 Å². The van der Waals surface area contributed by atoms with Crippen LogP contribution < -0.4 is 11.4 Å². The lowest BCUT2D eigenvalue weighted by Crippen LogP contribution is -2.44. The highest BCUT2D eigenvalue weighted by Crippen LogP contribution is 2.38. The average Bonchev–Trinajstić information content (AvgIpc) is 3.34. The fraction of sp³-hybridized carbons (Fsp3) is 0.667. The number of nitrogens with two attached hydrogens (primary N) is 1. The Morgan fingerprint density at radius 1 is 1.39 bits per heavy atom. The minimum absolute atomic E-state index is 0.100. The van der Waals surface area contributed by atoms with Gasteiger partial charge >= 0.3 is 11.9 Å². The monoisotopic (exact) mass is 407 g/mol. The zero-order valence-electron chi connectivity index (χ0n) is 14.3. The standard InChI is InChI=1S/C15H17F4N5O4/c16-7-8(25)12(28-9(7)10(26)15(17,18)19)24-11-6(3-21-13(20)22-11)23(14(24)27)4-5-1-2-5/h3,5,7-10,12,25-26H,1-2,4H2,(H2,20,21,22)/t7-,8-,9+,10?,12-/m1/s1. The number of ether oxygens (including phenoxy) is 1. The van der Waals surface area contributed by atoms with Crippen LogP contribution in [-0.2, 0) is 11.3 Å². The van der Waals surface area contributed by atoms with E-state index in [9.17, 15) is 32.6 Å². The van der Waals surface area contributed by atoms with Crippen LogP contribution in [0.25, 0.3) is 11.2 Å². The third-order valence-corrected chi connectivity index (χ3v) is 4.99. The molecule has 3 heterocycles. The second-order valence-electron chi connectivity index (χ2n) is 7.06. The van der Waals surface area contributed by atoms with E-state index in [1.165, 1.54) is 10.8 Å². The molecule has 2 aliphatic rings. The summed E-state index contributed by atoms with van der Waals surface area (Å²) in [5.74, 6) is 0.0263. The summed E-state index contributed by atoms with van der Waals surface area (Å²) in [7, 11) is 0. The van der Waals surface area contributed by atoms with Crippen LogP contribution in [0.1, 0.15) is 19.1 Å². The number of nitrogens with zero attached hydrogens (tertiary/aromatic N) is 4. The lowest BCUT2D eigenvalue weighted by atomic mass is 10.1.